The SMILES string of the molecule is CCc1nc2cc(Cl)c(Cl)cc2n1CC(=O)NNC(=O)Nc1ccccc1. The highest BCUT2D eigenvalue weighted by molar-refractivity contribution is 6.42. The molecule has 3 amide bonds. The molecule has 0 bridgehead atoms. The molecule has 3 N–H and O–H groups in total. The molecule has 0 saturated heterocycles. The maximum atomic E-state index is 12.3. The van der Waals surface area contributed by atoms with E-state index in [1.807, 2.05) is 13.0 Å². The standard InChI is InChI=1S/C18H17Cl2N5O2/c1-2-16-22-14-8-12(19)13(20)9-15(14)25(16)10-17(26)23-24-18(27)21-11-6-4-3-5-7-11/h3-9H,2,10H2,1H3,(H,23,26)(H2,21,24,27). The van der Waals surface area contributed by atoms with Crippen LogP contribution in [0.4, 0.5) is 10.5 Å². The van der Waals surface area contributed by atoms with E-state index in [0.29, 0.717) is 39.0 Å². The summed E-state index contributed by atoms with van der Waals surface area (Å²) in [5.74, 6) is 0.311. The Kier molecular flexibility index (Phi) is 5.83. The van der Waals surface area contributed by atoms with Gasteiger partial charge in [-0.25, -0.2) is 15.2 Å². The van der Waals surface area contributed by atoms with Gasteiger partial charge in [0, 0.05) is 12.1 Å². The summed E-state index contributed by atoms with van der Waals surface area (Å²) in [6.07, 6.45) is 0.624. The molecule has 1 aromatic heterocycles. The van der Waals surface area contributed by atoms with E-state index in [0.717, 1.165) is 0 Å². The van der Waals surface area contributed by atoms with E-state index >= 15 is 0 Å². The predicted molar refractivity (Wildman–Crippen MR) is 106 cm³/mol. The number of aryl methyl sites for hydroxylation is 1. The van der Waals surface area contributed by atoms with E-state index in [-0.39, 0.29) is 6.54 Å². The second-order valence-corrected chi connectivity index (χ2v) is 6.53. The average Bonchev–Trinajstić information content (AvgIpc) is 2.98. The molecule has 1 heterocycles. The number of aromatic nitrogens is 2. The molecule has 0 spiro atoms. The molecule has 3 rings (SSSR count). The highest BCUT2D eigenvalue weighted by Gasteiger charge is 2.15. The Morgan fingerprint density at radius 2 is 1.78 bits per heavy atom. The lowest BCUT2D eigenvalue weighted by molar-refractivity contribution is -0.122. The summed E-state index contributed by atoms with van der Waals surface area (Å²) in [6, 6.07) is 11.7. The fraction of sp³-hybridized carbons (Fsp3) is 0.167. The second kappa shape index (κ2) is 8.28. The van der Waals surface area contributed by atoms with Crippen LogP contribution in [0, 0.1) is 0 Å². The van der Waals surface area contributed by atoms with Gasteiger partial charge in [0.05, 0.1) is 21.1 Å². The number of carbonyl (C=O) groups is 2. The van der Waals surface area contributed by atoms with Gasteiger partial charge in [-0.2, -0.15) is 0 Å². The van der Waals surface area contributed by atoms with Crippen LogP contribution >= 0.6 is 23.2 Å². The fourth-order valence-electron chi connectivity index (χ4n) is 2.61. The quantitative estimate of drug-likeness (QED) is 0.577. The summed E-state index contributed by atoms with van der Waals surface area (Å²) in [5.41, 5.74) is 6.66. The predicted octanol–water partition coefficient (Wildman–Crippen LogP) is 3.76. The van der Waals surface area contributed by atoms with Gasteiger partial charge in [0.2, 0.25) is 0 Å². The summed E-state index contributed by atoms with van der Waals surface area (Å²) in [7, 11) is 0. The number of urea groups is 1. The largest absolute Gasteiger partial charge is 0.337 e. The number of imidazole rings is 1. The molecule has 0 aliphatic carbocycles. The van der Waals surface area contributed by atoms with E-state index in [1.165, 1.54) is 0 Å². The van der Waals surface area contributed by atoms with Crippen molar-refractivity contribution in [1.82, 2.24) is 20.4 Å². The van der Waals surface area contributed by atoms with Gasteiger partial charge in [-0.3, -0.25) is 10.2 Å². The summed E-state index contributed by atoms with van der Waals surface area (Å²) < 4.78 is 1.74. The van der Waals surface area contributed by atoms with Crippen LogP contribution in [0.3, 0.4) is 0 Å². The Morgan fingerprint density at radius 3 is 2.48 bits per heavy atom. The minimum atomic E-state index is -0.546. The first kappa shape index (κ1) is 19.0. The van der Waals surface area contributed by atoms with Crippen molar-refractivity contribution in [3.63, 3.8) is 0 Å². The van der Waals surface area contributed by atoms with Crippen molar-refractivity contribution in [3.8, 4) is 0 Å². The highest BCUT2D eigenvalue weighted by atomic mass is 35.5. The summed E-state index contributed by atoms with van der Waals surface area (Å²) in [6.45, 7) is 1.91. The second-order valence-electron chi connectivity index (χ2n) is 5.72. The third kappa shape index (κ3) is 4.50. The lowest BCUT2D eigenvalue weighted by Gasteiger charge is -2.11. The molecule has 0 atom stereocenters. The number of rotatable bonds is 4. The highest BCUT2D eigenvalue weighted by Crippen LogP contribution is 2.28. The zero-order valence-corrected chi connectivity index (χ0v) is 15.9. The van der Waals surface area contributed by atoms with E-state index in [9.17, 15) is 9.59 Å². The Labute approximate surface area is 165 Å². The number of carbonyl (C=O) groups excluding carboxylic acids is 2. The smallest absolute Gasteiger partial charge is 0.318 e. The molecule has 7 nitrogen and oxygen atoms in total. The molecule has 0 unspecified atom stereocenters. The van der Waals surface area contributed by atoms with E-state index in [4.69, 9.17) is 23.2 Å². The topological polar surface area (TPSA) is 88.1 Å². The average molecular weight is 406 g/mol. The first-order valence-corrected chi connectivity index (χ1v) is 8.98. The van der Waals surface area contributed by atoms with Gasteiger partial charge in [0.15, 0.2) is 0 Å². The summed E-state index contributed by atoms with van der Waals surface area (Å²) in [4.78, 5) is 28.6. The van der Waals surface area contributed by atoms with Gasteiger partial charge < -0.3 is 9.88 Å². The number of fused-ring (bicyclic) bond motifs is 1. The Morgan fingerprint density at radius 1 is 1.07 bits per heavy atom. The monoisotopic (exact) mass is 405 g/mol. The van der Waals surface area contributed by atoms with Gasteiger partial charge >= 0.3 is 6.03 Å². The van der Waals surface area contributed by atoms with Crippen LogP contribution in [0.2, 0.25) is 10.0 Å². The maximum Gasteiger partial charge on any atom is 0.337 e. The maximum absolute atomic E-state index is 12.3. The Bertz CT molecular complexity index is 988. The van der Waals surface area contributed by atoms with Crippen molar-refractivity contribution in [2.75, 3.05) is 5.32 Å². The molecule has 140 valence electrons. The summed E-state index contributed by atoms with van der Waals surface area (Å²) in [5, 5.41) is 3.39. The van der Waals surface area contributed by atoms with Crippen molar-refractivity contribution in [2.45, 2.75) is 19.9 Å². The number of amides is 3. The van der Waals surface area contributed by atoms with Crippen molar-refractivity contribution in [1.29, 1.82) is 0 Å². The minimum Gasteiger partial charge on any atom is -0.318 e. The number of nitrogens with zero attached hydrogens (tertiary/aromatic N) is 2. The third-order valence-corrected chi connectivity index (χ3v) is 4.56. The molecule has 0 aliphatic rings. The molecule has 0 aliphatic heterocycles. The Balaban J connectivity index is 1.67. The van der Waals surface area contributed by atoms with Crippen molar-refractivity contribution >= 4 is 51.9 Å². The number of hydrogen-bond acceptors (Lipinski definition) is 3. The molecular weight excluding hydrogens is 389 g/mol. The molecule has 0 saturated carbocycles. The van der Waals surface area contributed by atoms with Crippen LogP contribution in [0.1, 0.15) is 12.7 Å². The first-order chi connectivity index (χ1) is 13.0. The number of anilines is 1. The number of benzene rings is 2. The van der Waals surface area contributed by atoms with Crippen LogP contribution in [-0.4, -0.2) is 21.5 Å². The lowest BCUT2D eigenvalue weighted by atomic mass is 10.3. The van der Waals surface area contributed by atoms with Crippen LogP contribution < -0.4 is 16.2 Å². The van der Waals surface area contributed by atoms with E-state index in [2.05, 4.69) is 21.2 Å². The molecule has 0 radical (unpaired) electrons. The number of hydrogen-bond donors (Lipinski definition) is 3. The third-order valence-electron chi connectivity index (χ3n) is 3.83. The van der Waals surface area contributed by atoms with Gasteiger partial charge in [-0.15, -0.1) is 0 Å². The molecule has 3 aromatic rings. The fourth-order valence-corrected chi connectivity index (χ4v) is 2.93. The lowest BCUT2D eigenvalue weighted by Crippen LogP contribution is -2.45. The van der Waals surface area contributed by atoms with Gasteiger partial charge in [0.1, 0.15) is 12.4 Å². The number of para-hydroxylation sites is 1. The number of hydrazine groups is 1. The van der Waals surface area contributed by atoms with Crippen LogP contribution in [0.25, 0.3) is 11.0 Å². The zero-order valence-electron chi connectivity index (χ0n) is 14.4. The number of halogens is 2. The Hall–Kier alpha value is -2.77. The molecular formula is C18H17Cl2N5O2. The normalized spacial score (nSPS) is 10.6. The van der Waals surface area contributed by atoms with Gasteiger partial charge in [0.25, 0.3) is 5.91 Å². The van der Waals surface area contributed by atoms with E-state index in [1.54, 1.807) is 41.0 Å². The van der Waals surface area contributed by atoms with Gasteiger partial charge in [-0.05, 0) is 24.3 Å². The first-order valence-electron chi connectivity index (χ1n) is 8.23. The molecule has 0 fully saturated rings. The summed E-state index contributed by atoms with van der Waals surface area (Å²) >= 11 is 12.1. The van der Waals surface area contributed by atoms with Crippen molar-refractivity contribution in [2.24, 2.45) is 0 Å². The van der Waals surface area contributed by atoms with E-state index < -0.39 is 11.9 Å². The molecule has 27 heavy (non-hydrogen) atoms. The van der Waals surface area contributed by atoms with Crippen LogP contribution in [-0.2, 0) is 17.8 Å². The zero-order chi connectivity index (χ0) is 19.4. The van der Waals surface area contributed by atoms with Crippen LogP contribution in [0.5, 0.6) is 0 Å². The van der Waals surface area contributed by atoms with Crippen molar-refractivity contribution in [3.05, 3.63) is 58.3 Å². The molecule has 9 heteroatoms. The minimum absolute atomic E-state index is 0.0246. The van der Waals surface area contributed by atoms with Gasteiger partial charge in [-0.1, -0.05) is 48.3 Å². The van der Waals surface area contributed by atoms with Crippen molar-refractivity contribution < 1.29 is 9.59 Å². The number of nitrogens with one attached hydrogen (secondary N) is 3. The van der Waals surface area contributed by atoms with Crippen LogP contribution in [0.15, 0.2) is 42.5 Å². The molecule has 2 aromatic carbocycles.